The molecule has 1 fully saturated rings. The van der Waals surface area contributed by atoms with Gasteiger partial charge in [0.15, 0.2) is 0 Å². The number of nitrogens with one attached hydrogen (secondary N) is 1. The zero-order chi connectivity index (χ0) is 13.1. The summed E-state index contributed by atoms with van der Waals surface area (Å²) in [4.78, 5) is 6.65. The lowest BCUT2D eigenvalue weighted by Crippen LogP contribution is -2.51. The Morgan fingerprint density at radius 1 is 1.44 bits per heavy atom. The molecule has 0 aliphatic carbocycles. The van der Waals surface area contributed by atoms with Crippen molar-refractivity contribution in [3.05, 3.63) is 30.1 Å². The van der Waals surface area contributed by atoms with E-state index in [1.54, 1.807) is 0 Å². The van der Waals surface area contributed by atoms with Gasteiger partial charge in [0.2, 0.25) is 0 Å². The van der Waals surface area contributed by atoms with Crippen LogP contribution in [0.5, 0.6) is 0 Å². The van der Waals surface area contributed by atoms with Crippen LogP contribution in [0.15, 0.2) is 24.5 Å². The molecule has 1 N–H and O–H groups in total. The highest BCUT2D eigenvalue weighted by atomic mass is 15.2. The first kappa shape index (κ1) is 13.5. The van der Waals surface area contributed by atoms with E-state index < -0.39 is 0 Å². The van der Waals surface area contributed by atoms with Crippen LogP contribution in [0.3, 0.4) is 0 Å². The van der Waals surface area contributed by atoms with Crippen molar-refractivity contribution >= 4 is 0 Å². The van der Waals surface area contributed by atoms with Gasteiger partial charge in [-0.25, -0.2) is 0 Å². The van der Waals surface area contributed by atoms with Gasteiger partial charge in [0.1, 0.15) is 0 Å². The monoisotopic (exact) mass is 247 g/mol. The van der Waals surface area contributed by atoms with Crippen molar-refractivity contribution in [3.63, 3.8) is 0 Å². The minimum absolute atomic E-state index is 0.377. The molecule has 3 nitrogen and oxygen atoms in total. The van der Waals surface area contributed by atoms with Gasteiger partial charge in [-0.15, -0.1) is 0 Å². The molecular weight excluding hydrogens is 222 g/mol. The Bertz CT molecular complexity index is 365. The maximum Gasteiger partial charge on any atom is 0.0315 e. The van der Waals surface area contributed by atoms with E-state index >= 15 is 0 Å². The Hall–Kier alpha value is -0.930. The molecule has 1 aromatic rings. The summed E-state index contributed by atoms with van der Waals surface area (Å²) >= 11 is 0. The lowest BCUT2D eigenvalue weighted by atomic mass is 9.89. The molecule has 4 atom stereocenters. The van der Waals surface area contributed by atoms with Gasteiger partial charge in [0.25, 0.3) is 0 Å². The molecule has 0 radical (unpaired) electrons. The van der Waals surface area contributed by atoms with Gasteiger partial charge in [0.05, 0.1) is 0 Å². The number of pyridine rings is 1. The maximum atomic E-state index is 4.20. The van der Waals surface area contributed by atoms with E-state index in [-0.39, 0.29) is 0 Å². The van der Waals surface area contributed by atoms with Crippen LogP contribution in [-0.4, -0.2) is 35.6 Å². The van der Waals surface area contributed by atoms with Crippen LogP contribution in [0.25, 0.3) is 0 Å². The predicted octanol–water partition coefficient (Wildman–Crippen LogP) is 2.46. The highest BCUT2D eigenvalue weighted by molar-refractivity contribution is 5.13. The number of aromatic nitrogens is 1. The van der Waals surface area contributed by atoms with Crippen LogP contribution in [-0.2, 0) is 0 Å². The molecule has 2 rings (SSSR count). The average molecular weight is 247 g/mol. The second-order valence-electron chi connectivity index (χ2n) is 5.78. The maximum absolute atomic E-state index is 4.20. The molecule has 1 aromatic heterocycles. The third kappa shape index (κ3) is 3.09. The van der Waals surface area contributed by atoms with E-state index in [1.165, 1.54) is 18.5 Å². The molecule has 1 aliphatic rings. The molecule has 2 heterocycles. The molecule has 3 unspecified atom stereocenters. The number of hydrogen-bond donors (Lipinski definition) is 1. The molecule has 1 aliphatic heterocycles. The van der Waals surface area contributed by atoms with Crippen molar-refractivity contribution in [3.8, 4) is 0 Å². The van der Waals surface area contributed by atoms with Crippen LogP contribution >= 0.6 is 0 Å². The van der Waals surface area contributed by atoms with E-state index in [2.05, 4.69) is 49.1 Å². The lowest BCUT2D eigenvalue weighted by Gasteiger charge is -2.41. The summed E-state index contributed by atoms with van der Waals surface area (Å²) in [7, 11) is 2.22. The summed E-state index contributed by atoms with van der Waals surface area (Å²) in [5, 5.41) is 3.77. The van der Waals surface area contributed by atoms with Crippen LogP contribution < -0.4 is 5.32 Å². The van der Waals surface area contributed by atoms with Crippen LogP contribution in [0, 0.1) is 5.92 Å². The van der Waals surface area contributed by atoms with Crippen molar-refractivity contribution in [1.29, 1.82) is 0 Å². The van der Waals surface area contributed by atoms with Crippen molar-refractivity contribution in [2.75, 3.05) is 13.6 Å². The van der Waals surface area contributed by atoms with Crippen molar-refractivity contribution in [1.82, 2.24) is 15.2 Å². The third-order valence-electron chi connectivity index (χ3n) is 4.26. The molecule has 0 amide bonds. The highest BCUT2D eigenvalue weighted by Gasteiger charge is 2.29. The summed E-state index contributed by atoms with van der Waals surface area (Å²) < 4.78 is 0. The first-order chi connectivity index (χ1) is 8.58. The molecule has 3 heteroatoms. The van der Waals surface area contributed by atoms with E-state index in [4.69, 9.17) is 0 Å². The summed E-state index contributed by atoms with van der Waals surface area (Å²) in [6, 6.07) is 5.80. The smallest absolute Gasteiger partial charge is 0.0315 e. The fourth-order valence-corrected chi connectivity index (χ4v) is 2.82. The quantitative estimate of drug-likeness (QED) is 0.889. The van der Waals surface area contributed by atoms with Crippen molar-refractivity contribution in [2.24, 2.45) is 5.92 Å². The second-order valence-corrected chi connectivity index (χ2v) is 5.78. The van der Waals surface area contributed by atoms with E-state index in [9.17, 15) is 0 Å². The molecule has 100 valence electrons. The molecule has 0 bridgehead atoms. The summed E-state index contributed by atoms with van der Waals surface area (Å²) in [6.45, 7) is 8.07. The Balaban J connectivity index is 1.97. The summed E-state index contributed by atoms with van der Waals surface area (Å²) in [5.74, 6) is 0.699. The number of hydrogen-bond acceptors (Lipinski definition) is 3. The molecule has 1 saturated heterocycles. The van der Waals surface area contributed by atoms with Gasteiger partial charge in [-0.1, -0.05) is 13.0 Å². The second kappa shape index (κ2) is 5.81. The van der Waals surface area contributed by atoms with E-state index in [0.29, 0.717) is 24.0 Å². The largest absolute Gasteiger partial charge is 0.307 e. The number of piperidine rings is 1. The topological polar surface area (TPSA) is 28.2 Å². The first-order valence-electron chi connectivity index (χ1n) is 6.94. The Labute approximate surface area is 111 Å². The highest BCUT2D eigenvalue weighted by Crippen LogP contribution is 2.23. The fourth-order valence-electron chi connectivity index (χ4n) is 2.82. The number of nitrogens with zero attached hydrogens (tertiary/aromatic N) is 2. The van der Waals surface area contributed by atoms with Gasteiger partial charge < -0.3 is 10.2 Å². The standard InChI is InChI=1S/C15H25N3/c1-11-10-18(4)12(2)8-15(11)17-13(3)14-6-5-7-16-9-14/h5-7,9,11-13,15,17H,8,10H2,1-4H3/t11?,12?,13-,15?/m1/s1. The van der Waals surface area contributed by atoms with E-state index in [0.717, 1.165) is 0 Å². The van der Waals surface area contributed by atoms with Gasteiger partial charge in [0, 0.05) is 37.1 Å². The van der Waals surface area contributed by atoms with Crippen LogP contribution in [0.4, 0.5) is 0 Å². The normalized spacial score (nSPS) is 31.2. The Morgan fingerprint density at radius 2 is 2.22 bits per heavy atom. The minimum atomic E-state index is 0.377. The van der Waals surface area contributed by atoms with Gasteiger partial charge in [-0.2, -0.15) is 0 Å². The molecule has 0 saturated carbocycles. The fraction of sp³-hybridized carbons (Fsp3) is 0.667. The summed E-state index contributed by atoms with van der Waals surface area (Å²) in [6.07, 6.45) is 5.01. The van der Waals surface area contributed by atoms with Crippen LogP contribution in [0.1, 0.15) is 38.8 Å². The van der Waals surface area contributed by atoms with Gasteiger partial charge in [-0.3, -0.25) is 4.98 Å². The molecule has 0 spiro atoms. The molecule has 18 heavy (non-hydrogen) atoms. The number of likely N-dealkylation sites (tertiary alicyclic amines) is 1. The SMILES string of the molecule is CC1CN(C)C(C)CC1N[C@H](C)c1cccnc1. The first-order valence-corrected chi connectivity index (χ1v) is 6.94. The zero-order valence-electron chi connectivity index (χ0n) is 11.9. The van der Waals surface area contributed by atoms with Crippen LogP contribution in [0.2, 0.25) is 0 Å². The third-order valence-corrected chi connectivity index (χ3v) is 4.26. The average Bonchev–Trinajstić information content (AvgIpc) is 2.37. The van der Waals surface area contributed by atoms with E-state index in [1.807, 2.05) is 18.5 Å². The molecule has 0 aromatic carbocycles. The lowest BCUT2D eigenvalue weighted by molar-refractivity contribution is 0.116. The number of rotatable bonds is 3. The van der Waals surface area contributed by atoms with Gasteiger partial charge in [-0.05, 0) is 44.9 Å². The Morgan fingerprint density at radius 3 is 2.89 bits per heavy atom. The minimum Gasteiger partial charge on any atom is -0.307 e. The zero-order valence-corrected chi connectivity index (χ0v) is 11.9. The Kier molecular flexibility index (Phi) is 4.36. The predicted molar refractivity (Wildman–Crippen MR) is 75.4 cm³/mol. The summed E-state index contributed by atoms with van der Waals surface area (Å²) in [5.41, 5.74) is 1.27. The van der Waals surface area contributed by atoms with Gasteiger partial charge >= 0.3 is 0 Å². The van der Waals surface area contributed by atoms with Crippen molar-refractivity contribution in [2.45, 2.75) is 45.3 Å². The van der Waals surface area contributed by atoms with Crippen molar-refractivity contribution < 1.29 is 0 Å². The molecular formula is C15H25N3.